The predicted molar refractivity (Wildman–Crippen MR) is 158 cm³/mol. The van der Waals surface area contributed by atoms with Crippen molar-refractivity contribution in [1.29, 1.82) is 0 Å². The number of hydrogen-bond donors (Lipinski definition) is 3. The first-order chi connectivity index (χ1) is 19.1. The molecule has 3 unspecified atom stereocenters. The second-order valence-electron chi connectivity index (χ2n) is 10.8. The number of likely N-dealkylation sites (tertiary alicyclic amines) is 1. The summed E-state index contributed by atoms with van der Waals surface area (Å²) in [6, 6.07) is 16.6. The number of ether oxygens (including phenoxy) is 1. The molecule has 206 valence electrons. The molecule has 2 aromatic carbocycles. The van der Waals surface area contributed by atoms with Crippen LogP contribution in [0.1, 0.15) is 31.4 Å². The first-order valence-electron chi connectivity index (χ1n) is 13.8. The Morgan fingerprint density at radius 3 is 2.87 bits per heavy atom. The number of aromatic nitrogens is 1. The van der Waals surface area contributed by atoms with Crippen molar-refractivity contribution in [3.05, 3.63) is 70.6 Å². The molecule has 2 saturated heterocycles. The molecule has 39 heavy (non-hydrogen) atoms. The van der Waals surface area contributed by atoms with Crippen molar-refractivity contribution in [3.8, 4) is 0 Å². The summed E-state index contributed by atoms with van der Waals surface area (Å²) in [5, 5.41) is 13.7. The maximum Gasteiger partial charge on any atom is 0.249 e. The van der Waals surface area contributed by atoms with E-state index in [0.29, 0.717) is 13.2 Å². The number of pyridine rings is 1. The van der Waals surface area contributed by atoms with E-state index in [2.05, 4.69) is 63.4 Å². The monoisotopic (exact) mass is 564 g/mol. The maximum atomic E-state index is 11.9. The molecule has 3 aliphatic rings. The highest BCUT2D eigenvalue weighted by Crippen LogP contribution is 2.51. The fraction of sp³-hybridized carbons (Fsp3) is 0.433. The average molecular weight is 565 g/mol. The Hall–Kier alpha value is -2.43. The van der Waals surface area contributed by atoms with Gasteiger partial charge in [0.1, 0.15) is 6.10 Å². The van der Waals surface area contributed by atoms with E-state index in [0.717, 1.165) is 43.5 Å². The molecule has 3 aromatic rings. The van der Waals surface area contributed by atoms with E-state index >= 15 is 0 Å². The number of fused-ring (bicyclic) bond motifs is 2. The number of nitrogens with zero attached hydrogens (tertiary/aromatic N) is 2. The topological polar surface area (TPSA) is 80.8 Å². The van der Waals surface area contributed by atoms with Gasteiger partial charge >= 0.3 is 0 Å². The van der Waals surface area contributed by atoms with Crippen molar-refractivity contribution < 1.29 is 9.84 Å². The minimum absolute atomic E-state index is 0.0140. The third-order valence-corrected chi connectivity index (χ3v) is 10.3. The zero-order valence-electron chi connectivity index (χ0n) is 22.3. The Bertz CT molecular complexity index is 1370. The van der Waals surface area contributed by atoms with E-state index < -0.39 is 0 Å². The normalized spacial score (nSPS) is 22.2. The van der Waals surface area contributed by atoms with Crippen LogP contribution in [-0.4, -0.2) is 67.0 Å². The van der Waals surface area contributed by atoms with Crippen molar-refractivity contribution in [3.63, 3.8) is 0 Å². The number of hydrogen-bond acceptors (Lipinski definition) is 8. The highest BCUT2D eigenvalue weighted by molar-refractivity contribution is 8.05. The second kappa shape index (κ2) is 12.0. The number of piperidine rings is 1. The molecular formula is C30H36N4O3S2. The van der Waals surface area contributed by atoms with Crippen molar-refractivity contribution in [2.45, 2.75) is 51.5 Å². The third-order valence-electron chi connectivity index (χ3n) is 7.73. The summed E-state index contributed by atoms with van der Waals surface area (Å²) in [5.74, 6) is 0.727. The summed E-state index contributed by atoms with van der Waals surface area (Å²) in [7, 11) is 0. The van der Waals surface area contributed by atoms with Crippen LogP contribution in [0.5, 0.6) is 0 Å². The van der Waals surface area contributed by atoms with Gasteiger partial charge in [0.2, 0.25) is 5.56 Å². The lowest BCUT2D eigenvalue weighted by Gasteiger charge is -2.36. The lowest BCUT2D eigenvalue weighted by Crippen LogP contribution is -2.43. The van der Waals surface area contributed by atoms with E-state index in [1.54, 1.807) is 35.8 Å². The maximum absolute atomic E-state index is 11.9. The third kappa shape index (κ3) is 6.18. The van der Waals surface area contributed by atoms with Gasteiger partial charge in [0, 0.05) is 69.4 Å². The average Bonchev–Trinajstić information content (AvgIpc) is 2.95. The van der Waals surface area contributed by atoms with Gasteiger partial charge in [-0.3, -0.25) is 4.79 Å². The number of morpholine rings is 1. The van der Waals surface area contributed by atoms with Crippen LogP contribution in [0.4, 0.5) is 11.4 Å². The van der Waals surface area contributed by atoms with Crippen LogP contribution in [0.2, 0.25) is 0 Å². The first kappa shape index (κ1) is 26.8. The van der Waals surface area contributed by atoms with Crippen LogP contribution >= 0.6 is 23.5 Å². The van der Waals surface area contributed by atoms with Gasteiger partial charge in [-0.2, -0.15) is 0 Å². The van der Waals surface area contributed by atoms with Crippen LogP contribution in [0.3, 0.4) is 0 Å². The quantitative estimate of drug-likeness (QED) is 0.287. The zero-order valence-corrected chi connectivity index (χ0v) is 23.9. The molecule has 4 heterocycles. The van der Waals surface area contributed by atoms with E-state index in [9.17, 15) is 9.90 Å². The highest BCUT2D eigenvalue weighted by Gasteiger charge is 2.28. The van der Waals surface area contributed by atoms with Crippen LogP contribution in [0.15, 0.2) is 79.1 Å². The molecule has 0 amide bonds. The number of aliphatic hydroxyl groups excluding tert-OH is 1. The molecule has 3 aliphatic heterocycles. The lowest BCUT2D eigenvalue weighted by molar-refractivity contribution is 0.0379. The van der Waals surface area contributed by atoms with Crippen molar-refractivity contribution in [1.82, 2.24) is 9.88 Å². The predicted octanol–water partition coefficient (Wildman–Crippen LogP) is 5.07. The fourth-order valence-corrected chi connectivity index (χ4v) is 8.27. The molecule has 3 atom stereocenters. The van der Waals surface area contributed by atoms with Crippen LogP contribution < -0.4 is 15.8 Å². The standard InChI is InChI=1S/C30H36N4O3S2/c1-20-4-3-11-33(16-20)17-22(19-35)32-21-7-8-26-28(14-21)38-27-6-2-5-24(30(27)39-26)25-18-34(12-13-37-25)23-9-10-31-29(36)15-23/h2,5-10,14-15,20,22,25,32,35H,3-4,11-13,16-19H2,1H3,(H,31,36). The van der Waals surface area contributed by atoms with Gasteiger partial charge in [-0.15, -0.1) is 0 Å². The molecule has 1 aromatic heterocycles. The fourth-order valence-electron chi connectivity index (χ4n) is 5.82. The Labute approximate surface area is 238 Å². The number of nitrogens with one attached hydrogen (secondary N) is 2. The molecule has 0 saturated carbocycles. The summed E-state index contributed by atoms with van der Waals surface area (Å²) >= 11 is 3.60. The minimum atomic E-state index is -0.0866. The van der Waals surface area contributed by atoms with Gasteiger partial charge in [-0.05, 0) is 61.2 Å². The van der Waals surface area contributed by atoms with Crippen LogP contribution in [0.25, 0.3) is 0 Å². The molecule has 6 rings (SSSR count). The number of aliphatic hydroxyl groups is 1. The van der Waals surface area contributed by atoms with Gasteiger partial charge < -0.3 is 29.9 Å². The van der Waals surface area contributed by atoms with Crippen LogP contribution in [0, 0.1) is 5.92 Å². The summed E-state index contributed by atoms with van der Waals surface area (Å²) in [5.41, 5.74) is 3.09. The molecule has 0 radical (unpaired) electrons. The van der Waals surface area contributed by atoms with Crippen LogP contribution in [-0.2, 0) is 4.74 Å². The number of rotatable bonds is 7. The molecule has 2 fully saturated rings. The zero-order chi connectivity index (χ0) is 26.8. The van der Waals surface area contributed by atoms with E-state index in [1.807, 2.05) is 6.07 Å². The summed E-state index contributed by atoms with van der Waals surface area (Å²) in [4.78, 5) is 24.2. The highest BCUT2D eigenvalue weighted by atomic mass is 32.2. The number of aromatic amines is 1. The van der Waals surface area contributed by atoms with E-state index in [1.165, 1.54) is 38.0 Å². The largest absolute Gasteiger partial charge is 0.394 e. The van der Waals surface area contributed by atoms with Crippen molar-refractivity contribution in [2.24, 2.45) is 5.92 Å². The summed E-state index contributed by atoms with van der Waals surface area (Å²) in [6.45, 7) is 7.61. The summed E-state index contributed by atoms with van der Waals surface area (Å²) < 4.78 is 6.26. The Morgan fingerprint density at radius 1 is 1.10 bits per heavy atom. The van der Waals surface area contributed by atoms with E-state index in [4.69, 9.17) is 4.74 Å². The van der Waals surface area contributed by atoms with Crippen molar-refractivity contribution >= 4 is 34.9 Å². The summed E-state index contributed by atoms with van der Waals surface area (Å²) in [6.07, 6.45) is 4.18. The smallest absolute Gasteiger partial charge is 0.249 e. The molecular weight excluding hydrogens is 528 g/mol. The Kier molecular flexibility index (Phi) is 8.22. The molecule has 9 heteroatoms. The van der Waals surface area contributed by atoms with Crippen molar-refractivity contribution in [2.75, 3.05) is 56.2 Å². The lowest BCUT2D eigenvalue weighted by atomic mass is 10.00. The molecule has 0 spiro atoms. The van der Waals surface area contributed by atoms with Gasteiger partial charge in [0.25, 0.3) is 0 Å². The Morgan fingerprint density at radius 2 is 2.03 bits per heavy atom. The van der Waals surface area contributed by atoms with E-state index in [-0.39, 0.29) is 24.3 Å². The first-order valence-corrected chi connectivity index (χ1v) is 15.5. The molecule has 7 nitrogen and oxygen atoms in total. The molecule has 0 aliphatic carbocycles. The number of benzene rings is 2. The number of anilines is 2. The SMILES string of the molecule is CC1CCCN(CC(CO)Nc2ccc3c(c2)Sc2cccc(C4CN(c5cc[nH]c(=O)c5)CCO4)c2S3)C1. The number of H-pyrrole nitrogens is 1. The molecule has 0 bridgehead atoms. The Balaban J connectivity index is 1.16. The minimum Gasteiger partial charge on any atom is -0.394 e. The van der Waals surface area contributed by atoms with Gasteiger partial charge in [-0.25, -0.2) is 0 Å². The van der Waals surface area contributed by atoms with Gasteiger partial charge in [0.15, 0.2) is 0 Å². The molecule has 3 N–H and O–H groups in total. The van der Waals surface area contributed by atoms with Gasteiger partial charge in [-0.1, -0.05) is 42.6 Å². The second-order valence-corrected chi connectivity index (χ2v) is 12.9. The van der Waals surface area contributed by atoms with Gasteiger partial charge in [0.05, 0.1) is 19.3 Å².